The highest BCUT2D eigenvalue weighted by atomic mass is 127. The van der Waals surface area contributed by atoms with Gasteiger partial charge in [-0.2, -0.15) is 0 Å². The third kappa shape index (κ3) is 2.93. The standard InChI is InChI=1S/C13H10IN3O3/c1-16(12-4-2-3-7-15-12)13(18)10-8-9(17(19)20)5-6-11(10)14/h2-8H,1H3. The first-order chi connectivity index (χ1) is 9.50. The number of hydrogen-bond donors (Lipinski definition) is 0. The van der Waals surface area contributed by atoms with Gasteiger partial charge in [0.1, 0.15) is 5.82 Å². The van der Waals surface area contributed by atoms with Gasteiger partial charge < -0.3 is 0 Å². The maximum absolute atomic E-state index is 12.4. The van der Waals surface area contributed by atoms with E-state index >= 15 is 0 Å². The minimum atomic E-state index is -0.520. The maximum Gasteiger partial charge on any atom is 0.270 e. The summed E-state index contributed by atoms with van der Waals surface area (Å²) < 4.78 is 0.654. The first-order valence-corrected chi connectivity index (χ1v) is 6.71. The number of anilines is 1. The number of nitro groups is 1. The lowest BCUT2D eigenvalue weighted by molar-refractivity contribution is -0.384. The Morgan fingerprint density at radius 3 is 2.70 bits per heavy atom. The molecule has 2 rings (SSSR count). The smallest absolute Gasteiger partial charge is 0.270 e. The molecule has 102 valence electrons. The van der Waals surface area contributed by atoms with Gasteiger partial charge in [-0.05, 0) is 40.8 Å². The number of rotatable bonds is 3. The lowest BCUT2D eigenvalue weighted by atomic mass is 10.2. The van der Waals surface area contributed by atoms with Crippen LogP contribution >= 0.6 is 22.6 Å². The van der Waals surface area contributed by atoms with Gasteiger partial charge in [0.2, 0.25) is 0 Å². The Balaban J connectivity index is 2.38. The van der Waals surface area contributed by atoms with Gasteiger partial charge in [-0.1, -0.05) is 6.07 Å². The molecule has 6 nitrogen and oxygen atoms in total. The molecular weight excluding hydrogens is 373 g/mol. The average molecular weight is 383 g/mol. The second-order valence-corrected chi connectivity index (χ2v) is 5.14. The molecule has 1 heterocycles. The number of benzene rings is 1. The minimum absolute atomic E-state index is 0.108. The van der Waals surface area contributed by atoms with Crippen LogP contribution in [0.4, 0.5) is 11.5 Å². The van der Waals surface area contributed by atoms with Crippen LogP contribution in [-0.2, 0) is 0 Å². The van der Waals surface area contributed by atoms with Crippen molar-refractivity contribution < 1.29 is 9.72 Å². The van der Waals surface area contributed by atoms with Gasteiger partial charge in [0.05, 0.1) is 10.5 Å². The largest absolute Gasteiger partial charge is 0.296 e. The van der Waals surface area contributed by atoms with Crippen molar-refractivity contribution in [2.45, 2.75) is 0 Å². The van der Waals surface area contributed by atoms with E-state index in [1.54, 1.807) is 37.5 Å². The van der Waals surface area contributed by atoms with Crippen molar-refractivity contribution in [3.63, 3.8) is 0 Å². The number of pyridine rings is 1. The van der Waals surface area contributed by atoms with Gasteiger partial charge in [-0.15, -0.1) is 0 Å². The van der Waals surface area contributed by atoms with Crippen LogP contribution in [0.3, 0.4) is 0 Å². The summed E-state index contributed by atoms with van der Waals surface area (Å²) in [6.45, 7) is 0. The predicted molar refractivity (Wildman–Crippen MR) is 82.8 cm³/mol. The molecule has 0 radical (unpaired) electrons. The van der Waals surface area contributed by atoms with Crippen LogP contribution in [0.2, 0.25) is 0 Å². The van der Waals surface area contributed by atoms with Gasteiger partial charge in [-0.25, -0.2) is 4.98 Å². The molecule has 1 aromatic carbocycles. The zero-order valence-corrected chi connectivity index (χ0v) is 12.6. The van der Waals surface area contributed by atoms with Gasteiger partial charge in [0.25, 0.3) is 11.6 Å². The van der Waals surface area contributed by atoms with E-state index in [1.165, 1.54) is 17.0 Å². The van der Waals surface area contributed by atoms with Crippen LogP contribution in [-0.4, -0.2) is 22.9 Å². The molecule has 2 aromatic rings. The normalized spacial score (nSPS) is 10.1. The number of non-ortho nitro benzene ring substituents is 1. The fourth-order valence-corrected chi connectivity index (χ4v) is 2.19. The summed E-state index contributed by atoms with van der Waals surface area (Å²) in [5.74, 6) is 0.150. The highest BCUT2D eigenvalue weighted by molar-refractivity contribution is 14.1. The summed E-state index contributed by atoms with van der Waals surface area (Å²) >= 11 is 1.98. The van der Waals surface area contributed by atoms with Gasteiger partial charge in [-0.3, -0.25) is 19.8 Å². The number of halogens is 1. The molecule has 0 atom stereocenters. The van der Waals surface area contributed by atoms with Crippen molar-refractivity contribution in [2.75, 3.05) is 11.9 Å². The summed E-state index contributed by atoms with van der Waals surface area (Å²) in [5, 5.41) is 10.8. The zero-order valence-electron chi connectivity index (χ0n) is 10.5. The van der Waals surface area contributed by atoms with Crippen LogP contribution < -0.4 is 4.90 Å². The van der Waals surface area contributed by atoms with E-state index in [9.17, 15) is 14.9 Å². The summed E-state index contributed by atoms with van der Waals surface area (Å²) in [5.41, 5.74) is 0.177. The summed E-state index contributed by atoms with van der Waals surface area (Å²) in [6, 6.07) is 9.42. The number of hydrogen-bond acceptors (Lipinski definition) is 4. The van der Waals surface area contributed by atoms with E-state index in [0.29, 0.717) is 9.39 Å². The number of nitro benzene ring substituents is 1. The number of nitrogens with zero attached hydrogens (tertiary/aromatic N) is 3. The Morgan fingerprint density at radius 2 is 2.10 bits per heavy atom. The van der Waals surface area contributed by atoms with Crippen molar-refractivity contribution in [1.82, 2.24) is 4.98 Å². The SMILES string of the molecule is CN(C(=O)c1cc([N+](=O)[O-])ccc1I)c1ccccn1. The third-order valence-electron chi connectivity index (χ3n) is 2.69. The average Bonchev–Trinajstić information content (AvgIpc) is 2.47. The molecule has 0 saturated heterocycles. The molecule has 20 heavy (non-hydrogen) atoms. The second kappa shape index (κ2) is 5.95. The molecule has 1 amide bonds. The number of carbonyl (C=O) groups is 1. The third-order valence-corrected chi connectivity index (χ3v) is 3.63. The van der Waals surface area contributed by atoms with Gasteiger partial charge in [0, 0.05) is 28.9 Å². The van der Waals surface area contributed by atoms with E-state index in [0.717, 1.165) is 0 Å². The Kier molecular flexibility index (Phi) is 4.28. The molecule has 7 heteroatoms. The van der Waals surface area contributed by atoms with Crippen molar-refractivity contribution >= 4 is 40.0 Å². The van der Waals surface area contributed by atoms with Crippen LogP contribution in [0.15, 0.2) is 42.6 Å². The van der Waals surface area contributed by atoms with Crippen LogP contribution in [0.25, 0.3) is 0 Å². The fourth-order valence-electron chi connectivity index (χ4n) is 1.63. The van der Waals surface area contributed by atoms with Gasteiger partial charge >= 0.3 is 0 Å². The second-order valence-electron chi connectivity index (χ2n) is 3.97. The van der Waals surface area contributed by atoms with Crippen molar-refractivity contribution in [3.8, 4) is 0 Å². The lowest BCUT2D eigenvalue weighted by Crippen LogP contribution is -2.27. The molecule has 0 saturated carbocycles. The van der Waals surface area contributed by atoms with Crippen molar-refractivity contribution in [3.05, 3.63) is 61.8 Å². The molecule has 0 bridgehead atoms. The lowest BCUT2D eigenvalue weighted by Gasteiger charge is -2.16. The summed E-state index contributed by atoms with van der Waals surface area (Å²) in [4.78, 5) is 28.1. The highest BCUT2D eigenvalue weighted by Crippen LogP contribution is 2.22. The van der Waals surface area contributed by atoms with E-state index in [2.05, 4.69) is 4.98 Å². The van der Waals surface area contributed by atoms with Crippen LogP contribution in [0, 0.1) is 13.7 Å². The Bertz CT molecular complexity index is 661. The van der Waals surface area contributed by atoms with Crippen molar-refractivity contribution in [2.24, 2.45) is 0 Å². The number of amides is 1. The van der Waals surface area contributed by atoms with E-state index in [-0.39, 0.29) is 17.2 Å². The summed E-state index contributed by atoms with van der Waals surface area (Å²) in [6.07, 6.45) is 1.58. The molecule has 1 aromatic heterocycles. The Morgan fingerprint density at radius 1 is 1.35 bits per heavy atom. The van der Waals surface area contributed by atoms with E-state index < -0.39 is 4.92 Å². The number of aromatic nitrogens is 1. The maximum atomic E-state index is 12.4. The molecule has 0 aliphatic carbocycles. The molecule has 0 aliphatic rings. The molecular formula is C13H10IN3O3. The topological polar surface area (TPSA) is 76.3 Å². The van der Waals surface area contributed by atoms with Gasteiger partial charge in [0.15, 0.2) is 0 Å². The van der Waals surface area contributed by atoms with Crippen LogP contribution in [0.1, 0.15) is 10.4 Å². The minimum Gasteiger partial charge on any atom is -0.296 e. The Labute approximate surface area is 128 Å². The van der Waals surface area contributed by atoms with E-state index in [1.807, 2.05) is 22.6 Å². The molecule has 0 N–H and O–H groups in total. The fraction of sp³-hybridized carbons (Fsp3) is 0.0769. The van der Waals surface area contributed by atoms with Crippen LogP contribution in [0.5, 0.6) is 0 Å². The molecule has 0 fully saturated rings. The first kappa shape index (κ1) is 14.4. The highest BCUT2D eigenvalue weighted by Gasteiger charge is 2.20. The zero-order chi connectivity index (χ0) is 14.7. The predicted octanol–water partition coefficient (Wildman–Crippen LogP) is 2.87. The number of carbonyl (C=O) groups excluding carboxylic acids is 1. The first-order valence-electron chi connectivity index (χ1n) is 5.63. The van der Waals surface area contributed by atoms with E-state index in [4.69, 9.17) is 0 Å². The molecule has 0 unspecified atom stereocenters. The molecule has 0 spiro atoms. The van der Waals surface area contributed by atoms with Crippen molar-refractivity contribution in [1.29, 1.82) is 0 Å². The monoisotopic (exact) mass is 383 g/mol. The quantitative estimate of drug-likeness (QED) is 0.464. The Hall–Kier alpha value is -2.03. The summed E-state index contributed by atoms with van der Waals surface area (Å²) in [7, 11) is 1.58. The molecule has 0 aliphatic heterocycles.